The van der Waals surface area contributed by atoms with Gasteiger partial charge in [0.25, 0.3) is 0 Å². The second-order valence-electron chi connectivity index (χ2n) is 6.89. The zero-order valence-corrected chi connectivity index (χ0v) is 12.8. The summed E-state index contributed by atoms with van der Waals surface area (Å²) < 4.78 is 14.9. The largest absolute Gasteiger partial charge is 0.469 e. The number of esters is 2. The monoisotopic (exact) mass is 309 g/mol. The van der Waals surface area contributed by atoms with E-state index in [1.807, 2.05) is 0 Å². The van der Waals surface area contributed by atoms with Gasteiger partial charge in [-0.05, 0) is 30.6 Å². The van der Waals surface area contributed by atoms with Crippen molar-refractivity contribution >= 4 is 18.0 Å². The van der Waals surface area contributed by atoms with Crippen molar-refractivity contribution in [2.75, 3.05) is 27.9 Å². The lowest BCUT2D eigenvalue weighted by molar-refractivity contribution is -0.198. The van der Waals surface area contributed by atoms with Crippen LogP contribution in [-0.2, 0) is 23.8 Å². The summed E-state index contributed by atoms with van der Waals surface area (Å²) in [6.45, 7) is 0.538. The minimum atomic E-state index is -0.761. The Morgan fingerprint density at radius 3 is 2.23 bits per heavy atom. The van der Waals surface area contributed by atoms with Crippen LogP contribution in [0.15, 0.2) is 0 Å². The van der Waals surface area contributed by atoms with Crippen molar-refractivity contribution in [3.05, 3.63) is 0 Å². The fourth-order valence-electron chi connectivity index (χ4n) is 6.36. The zero-order chi connectivity index (χ0) is 15.9. The van der Waals surface area contributed by atoms with Crippen molar-refractivity contribution in [1.82, 2.24) is 4.90 Å². The molecule has 22 heavy (non-hydrogen) atoms. The maximum absolute atomic E-state index is 12.5. The van der Waals surface area contributed by atoms with Gasteiger partial charge in [0.05, 0.1) is 38.2 Å². The molecule has 7 nitrogen and oxygen atoms in total. The minimum absolute atomic E-state index is 0.0399. The lowest BCUT2D eigenvalue weighted by atomic mass is 9.48. The third-order valence-corrected chi connectivity index (χ3v) is 6.60. The van der Waals surface area contributed by atoms with Crippen LogP contribution in [0.5, 0.6) is 0 Å². The molecule has 6 bridgehead atoms. The molecule has 3 saturated carbocycles. The molecule has 5 fully saturated rings. The highest BCUT2D eigenvalue weighted by Crippen LogP contribution is 2.84. The van der Waals surface area contributed by atoms with Crippen molar-refractivity contribution < 1.29 is 28.6 Å². The van der Waals surface area contributed by atoms with Gasteiger partial charge < -0.3 is 19.1 Å². The molecule has 5 rings (SSSR count). The SMILES string of the molecule is COC(=O)N1C[C@H]2C[C@H]3[C@@H]1[C@]1(C(=O)OC)C[C@@]3(C(=O)OC)[C@@H]21. The summed E-state index contributed by atoms with van der Waals surface area (Å²) in [6, 6.07) is -0.318. The van der Waals surface area contributed by atoms with Gasteiger partial charge >= 0.3 is 18.0 Å². The highest BCUT2D eigenvalue weighted by molar-refractivity contribution is 5.92. The smallest absolute Gasteiger partial charge is 0.409 e. The Bertz CT molecular complexity index is 591. The number of hydrogen-bond acceptors (Lipinski definition) is 6. The summed E-state index contributed by atoms with van der Waals surface area (Å²) in [5.74, 6) is -0.555. The Morgan fingerprint density at radius 1 is 1.00 bits per heavy atom. The summed E-state index contributed by atoms with van der Waals surface area (Å²) in [6.07, 6.45) is 0.842. The molecule has 0 radical (unpaired) electrons. The van der Waals surface area contributed by atoms with Crippen LogP contribution in [0.1, 0.15) is 12.8 Å². The molecule has 0 aromatic carbocycles. The highest BCUT2D eigenvalue weighted by Gasteiger charge is 2.91. The zero-order valence-electron chi connectivity index (χ0n) is 12.8. The topological polar surface area (TPSA) is 82.1 Å². The Morgan fingerprint density at radius 2 is 1.64 bits per heavy atom. The number of ether oxygens (including phenoxy) is 3. The molecule has 1 amide bonds. The summed E-state index contributed by atoms with van der Waals surface area (Å²) in [5.41, 5.74) is -1.38. The molecule has 2 saturated heterocycles. The van der Waals surface area contributed by atoms with Crippen LogP contribution >= 0.6 is 0 Å². The van der Waals surface area contributed by atoms with E-state index in [4.69, 9.17) is 14.2 Å². The number of carbonyl (C=O) groups is 3. The molecule has 0 aromatic heterocycles. The summed E-state index contributed by atoms with van der Waals surface area (Å²) >= 11 is 0. The molecule has 7 heteroatoms. The number of nitrogens with zero attached hydrogens (tertiary/aromatic N) is 1. The number of rotatable bonds is 2. The van der Waals surface area contributed by atoms with E-state index in [0.29, 0.717) is 13.0 Å². The normalized spacial score (nSPS) is 46.2. The van der Waals surface area contributed by atoms with E-state index < -0.39 is 16.9 Å². The number of carbonyl (C=O) groups excluding carboxylic acids is 3. The van der Waals surface area contributed by atoms with Crippen LogP contribution in [-0.4, -0.2) is 56.8 Å². The highest BCUT2D eigenvalue weighted by atomic mass is 16.5. The molecule has 2 heterocycles. The van der Waals surface area contributed by atoms with Gasteiger partial charge in [0.1, 0.15) is 0 Å². The Labute approximate surface area is 127 Å². The second-order valence-corrected chi connectivity index (χ2v) is 6.89. The van der Waals surface area contributed by atoms with E-state index in [0.717, 1.165) is 6.42 Å². The third-order valence-electron chi connectivity index (χ3n) is 6.60. The first kappa shape index (κ1) is 13.8. The molecule has 120 valence electrons. The summed E-state index contributed by atoms with van der Waals surface area (Å²) in [7, 11) is 4.07. The van der Waals surface area contributed by atoms with Gasteiger partial charge in [-0.1, -0.05) is 0 Å². The molecule has 3 aliphatic carbocycles. The predicted octanol–water partition coefficient (Wildman–Crippen LogP) is 0.425. The van der Waals surface area contributed by atoms with Gasteiger partial charge in [-0.25, -0.2) is 4.79 Å². The number of amides is 1. The minimum Gasteiger partial charge on any atom is -0.469 e. The molecular weight excluding hydrogens is 290 g/mol. The number of methoxy groups -OCH3 is 3. The van der Waals surface area contributed by atoms with Gasteiger partial charge in [0.15, 0.2) is 0 Å². The van der Waals surface area contributed by atoms with Crippen LogP contribution in [0.2, 0.25) is 0 Å². The summed E-state index contributed by atoms with van der Waals surface area (Å²) in [5, 5.41) is 0. The Hall–Kier alpha value is -1.79. The fourth-order valence-corrected chi connectivity index (χ4v) is 6.36. The van der Waals surface area contributed by atoms with Crippen molar-refractivity contribution in [1.29, 1.82) is 0 Å². The average molecular weight is 309 g/mol. The van der Waals surface area contributed by atoms with Gasteiger partial charge in [-0.2, -0.15) is 0 Å². The molecular formula is C15H19NO6. The van der Waals surface area contributed by atoms with E-state index in [1.165, 1.54) is 21.3 Å². The van der Waals surface area contributed by atoms with Crippen LogP contribution in [0.3, 0.4) is 0 Å². The van der Waals surface area contributed by atoms with Crippen molar-refractivity contribution in [2.45, 2.75) is 18.9 Å². The first-order chi connectivity index (χ1) is 10.5. The van der Waals surface area contributed by atoms with Gasteiger partial charge in [0, 0.05) is 6.54 Å². The molecule has 5 aliphatic rings. The maximum atomic E-state index is 12.5. The number of piperidine rings is 2. The van der Waals surface area contributed by atoms with Crippen LogP contribution in [0, 0.1) is 28.6 Å². The van der Waals surface area contributed by atoms with Gasteiger partial charge in [-0.3, -0.25) is 9.59 Å². The molecule has 2 aliphatic heterocycles. The molecule has 0 N–H and O–H groups in total. The van der Waals surface area contributed by atoms with E-state index in [-0.39, 0.29) is 35.7 Å². The number of hydrogen-bond donors (Lipinski definition) is 0. The molecule has 0 unspecified atom stereocenters. The van der Waals surface area contributed by atoms with Gasteiger partial charge in [-0.15, -0.1) is 0 Å². The Kier molecular flexibility index (Phi) is 2.48. The standard InChI is InChI=1S/C15H19NO6/c1-20-11(17)14-6-15(12(18)21-2)9(14)7-4-8(14)10(15)16(5-7)13(19)22-3/h7-10H,4-6H2,1-3H3/t7-,8+,9-,10-,14+,15+/m1/s1. The van der Waals surface area contributed by atoms with E-state index >= 15 is 0 Å². The van der Waals surface area contributed by atoms with Crippen molar-refractivity contribution in [3.8, 4) is 0 Å². The predicted molar refractivity (Wildman–Crippen MR) is 71.5 cm³/mol. The lowest BCUT2D eigenvalue weighted by Crippen LogP contribution is -2.68. The molecule has 0 spiro atoms. The summed E-state index contributed by atoms with van der Waals surface area (Å²) in [4.78, 5) is 38.7. The lowest BCUT2D eigenvalue weighted by Gasteiger charge is -2.58. The van der Waals surface area contributed by atoms with Crippen molar-refractivity contribution in [3.63, 3.8) is 0 Å². The quantitative estimate of drug-likeness (QED) is 0.543. The second kappa shape index (κ2) is 3.94. The molecule has 6 atom stereocenters. The van der Waals surface area contributed by atoms with E-state index in [1.54, 1.807) is 4.90 Å². The van der Waals surface area contributed by atoms with Crippen LogP contribution in [0.4, 0.5) is 4.79 Å². The van der Waals surface area contributed by atoms with Crippen LogP contribution < -0.4 is 0 Å². The van der Waals surface area contributed by atoms with Crippen molar-refractivity contribution in [2.24, 2.45) is 28.6 Å². The van der Waals surface area contributed by atoms with E-state index in [9.17, 15) is 14.4 Å². The average Bonchev–Trinajstić information content (AvgIpc) is 3.03. The van der Waals surface area contributed by atoms with Crippen LogP contribution in [0.25, 0.3) is 0 Å². The third kappa shape index (κ3) is 1.09. The maximum Gasteiger partial charge on any atom is 0.409 e. The molecule has 0 aromatic rings. The van der Waals surface area contributed by atoms with Gasteiger partial charge in [0.2, 0.25) is 0 Å². The Balaban J connectivity index is 1.82. The first-order valence-corrected chi connectivity index (χ1v) is 7.50. The number of fused-ring (bicyclic) bond motifs is 1. The first-order valence-electron chi connectivity index (χ1n) is 7.50. The van der Waals surface area contributed by atoms with E-state index in [2.05, 4.69) is 0 Å². The fraction of sp³-hybridized carbons (Fsp3) is 0.800.